The zero-order chi connectivity index (χ0) is 12.4. The fraction of sp³-hybridized carbons (Fsp3) is 0.0625. The van der Waals surface area contributed by atoms with E-state index in [1.807, 2.05) is 36.4 Å². The van der Waals surface area contributed by atoms with E-state index in [9.17, 15) is 4.79 Å². The van der Waals surface area contributed by atoms with Gasteiger partial charge in [0.05, 0.1) is 0 Å². The Morgan fingerprint density at radius 2 is 1.44 bits per heavy atom. The summed E-state index contributed by atoms with van der Waals surface area (Å²) in [5.74, 6) is 0. The second-order valence-electron chi connectivity index (χ2n) is 4.17. The Morgan fingerprint density at radius 3 is 2.00 bits per heavy atom. The number of rotatable bonds is 3. The molecular weight excluding hydrogens is 224 g/mol. The van der Waals surface area contributed by atoms with Crippen molar-refractivity contribution in [3.8, 4) is 0 Å². The van der Waals surface area contributed by atoms with E-state index in [-0.39, 0.29) is 6.61 Å². The summed E-state index contributed by atoms with van der Waals surface area (Å²) < 4.78 is 4.83. The molecule has 0 amide bonds. The lowest BCUT2D eigenvalue weighted by Crippen LogP contribution is -1.93. The first-order valence-electron chi connectivity index (χ1n) is 5.78. The van der Waals surface area contributed by atoms with Gasteiger partial charge >= 0.3 is 6.47 Å². The van der Waals surface area contributed by atoms with E-state index >= 15 is 0 Å². The maximum absolute atomic E-state index is 10.3. The first-order chi connectivity index (χ1) is 8.90. The van der Waals surface area contributed by atoms with Crippen molar-refractivity contribution in [3.05, 3.63) is 60.2 Å². The quantitative estimate of drug-likeness (QED) is 0.648. The Hall–Kier alpha value is -2.35. The Kier molecular flexibility index (Phi) is 2.69. The zero-order valence-corrected chi connectivity index (χ0v) is 9.72. The highest BCUT2D eigenvalue weighted by Crippen LogP contribution is 2.28. The molecule has 18 heavy (non-hydrogen) atoms. The minimum Gasteiger partial charge on any atom is -0.452 e. The van der Waals surface area contributed by atoms with Gasteiger partial charge in [-0.3, -0.25) is 0 Å². The summed E-state index contributed by atoms with van der Waals surface area (Å²) in [6, 6.07) is 18.4. The summed E-state index contributed by atoms with van der Waals surface area (Å²) in [4.78, 5) is 10.3. The van der Waals surface area contributed by atoms with Gasteiger partial charge in [-0.25, -0.2) is 4.79 Å². The molecule has 0 aliphatic carbocycles. The Labute approximate surface area is 105 Å². The molecule has 3 aromatic carbocycles. The van der Waals surface area contributed by atoms with Crippen LogP contribution in [-0.4, -0.2) is 6.47 Å². The van der Waals surface area contributed by atoms with Crippen molar-refractivity contribution in [1.82, 2.24) is 0 Å². The van der Waals surface area contributed by atoms with Crippen LogP contribution in [0.3, 0.4) is 0 Å². The van der Waals surface area contributed by atoms with Crippen LogP contribution in [0.1, 0.15) is 5.56 Å². The molecule has 2 nitrogen and oxygen atoms in total. The molecule has 2 heteroatoms. The number of carbonyl (C=O) groups excluding carboxylic acids is 1. The average molecular weight is 235 g/mol. The van der Waals surface area contributed by atoms with Crippen LogP contribution in [0, 0.1) is 0 Å². The highest BCUT2D eigenvalue weighted by molar-refractivity contribution is 6.02. The summed E-state index contributed by atoms with van der Waals surface area (Å²) in [6.07, 6.45) is 0. The van der Waals surface area contributed by atoms with Crippen molar-refractivity contribution in [2.45, 2.75) is 6.61 Å². The second kappa shape index (κ2) is 4.49. The number of benzene rings is 3. The fourth-order valence-electron chi connectivity index (χ4n) is 2.37. The minimum atomic E-state index is 0.255. The molecule has 87 valence electrons. The van der Waals surface area contributed by atoms with Crippen LogP contribution in [0.4, 0.5) is 0 Å². The molecule has 0 aliphatic rings. The van der Waals surface area contributed by atoms with Crippen LogP contribution in [0.2, 0.25) is 0 Å². The monoisotopic (exact) mass is 235 g/mol. The van der Waals surface area contributed by atoms with Gasteiger partial charge in [-0.1, -0.05) is 48.5 Å². The highest BCUT2D eigenvalue weighted by Gasteiger charge is 2.07. The second-order valence-corrected chi connectivity index (χ2v) is 4.17. The van der Waals surface area contributed by atoms with E-state index in [0.29, 0.717) is 0 Å². The molecule has 0 bridgehead atoms. The van der Waals surface area contributed by atoms with E-state index in [1.54, 1.807) is 0 Å². The van der Waals surface area contributed by atoms with Crippen molar-refractivity contribution >= 4 is 28.0 Å². The van der Waals surface area contributed by atoms with Crippen molar-refractivity contribution in [2.75, 3.05) is 0 Å². The molecule has 3 aromatic rings. The van der Waals surface area contributed by atoms with Gasteiger partial charge in [0.2, 0.25) is 0 Å². The van der Waals surface area contributed by atoms with E-state index in [2.05, 4.69) is 18.2 Å². The summed E-state index contributed by atoms with van der Waals surface area (Å²) in [5.41, 5.74) is 1.03. The minimum absolute atomic E-state index is 0.255. The average Bonchev–Trinajstić information content (AvgIpc) is 2.43. The van der Waals surface area contributed by atoms with E-state index in [1.165, 1.54) is 6.47 Å². The lowest BCUT2D eigenvalue weighted by Gasteiger charge is -2.10. The third-order valence-electron chi connectivity index (χ3n) is 3.16. The Bertz CT molecular complexity index is 662. The predicted molar refractivity (Wildman–Crippen MR) is 71.9 cm³/mol. The lowest BCUT2D eigenvalue weighted by molar-refractivity contribution is 0.269. The number of hydrogen-bond acceptors (Lipinski definition) is 2. The van der Waals surface area contributed by atoms with Gasteiger partial charge in [0.25, 0.3) is 0 Å². The van der Waals surface area contributed by atoms with Crippen LogP contribution in [-0.2, 0) is 16.1 Å². The van der Waals surface area contributed by atoms with E-state index in [4.69, 9.17) is 4.74 Å². The number of ether oxygens (including phenoxy) is 1. The molecule has 0 unspecified atom stereocenters. The SMILES string of the molecule is O=[C]OCc1c2ccccc2cc2ccccc12. The fourth-order valence-corrected chi connectivity index (χ4v) is 2.37. The summed E-state index contributed by atoms with van der Waals surface area (Å²) >= 11 is 0. The van der Waals surface area contributed by atoms with Gasteiger partial charge in [0, 0.05) is 5.56 Å². The number of hydrogen-bond donors (Lipinski definition) is 0. The van der Waals surface area contributed by atoms with Crippen molar-refractivity contribution < 1.29 is 9.53 Å². The molecule has 0 saturated carbocycles. The van der Waals surface area contributed by atoms with Crippen LogP contribution < -0.4 is 0 Å². The van der Waals surface area contributed by atoms with Crippen molar-refractivity contribution in [2.24, 2.45) is 0 Å². The van der Waals surface area contributed by atoms with Gasteiger partial charge in [-0.2, -0.15) is 0 Å². The first kappa shape index (κ1) is 10.8. The molecule has 0 heterocycles. The smallest absolute Gasteiger partial charge is 0.417 e. The zero-order valence-electron chi connectivity index (χ0n) is 9.72. The maximum atomic E-state index is 10.3. The van der Waals surface area contributed by atoms with Crippen molar-refractivity contribution in [1.29, 1.82) is 0 Å². The van der Waals surface area contributed by atoms with Gasteiger partial charge in [0.1, 0.15) is 6.61 Å². The Morgan fingerprint density at radius 1 is 0.889 bits per heavy atom. The maximum Gasteiger partial charge on any atom is 0.417 e. The third kappa shape index (κ3) is 1.72. The van der Waals surface area contributed by atoms with Crippen LogP contribution in [0.5, 0.6) is 0 Å². The van der Waals surface area contributed by atoms with Gasteiger partial charge in [0.15, 0.2) is 0 Å². The topological polar surface area (TPSA) is 26.3 Å². The van der Waals surface area contributed by atoms with Crippen LogP contribution in [0.25, 0.3) is 21.5 Å². The molecular formula is C16H11O2. The normalized spacial score (nSPS) is 10.7. The van der Waals surface area contributed by atoms with Gasteiger partial charge < -0.3 is 4.74 Å². The summed E-state index contributed by atoms with van der Waals surface area (Å²) in [6.45, 7) is 1.75. The molecule has 0 saturated heterocycles. The molecule has 3 rings (SSSR count). The molecule has 0 spiro atoms. The summed E-state index contributed by atoms with van der Waals surface area (Å²) in [7, 11) is 0. The largest absolute Gasteiger partial charge is 0.452 e. The first-order valence-corrected chi connectivity index (χ1v) is 5.78. The molecule has 0 aromatic heterocycles. The van der Waals surface area contributed by atoms with E-state index in [0.717, 1.165) is 27.1 Å². The van der Waals surface area contributed by atoms with Crippen LogP contribution in [0.15, 0.2) is 54.6 Å². The number of fused-ring (bicyclic) bond motifs is 2. The molecule has 0 atom stereocenters. The Balaban J connectivity index is 2.37. The van der Waals surface area contributed by atoms with E-state index < -0.39 is 0 Å². The molecule has 1 radical (unpaired) electrons. The molecule has 0 N–H and O–H groups in total. The van der Waals surface area contributed by atoms with Crippen LogP contribution >= 0.6 is 0 Å². The molecule has 0 aliphatic heterocycles. The molecule has 0 fully saturated rings. The lowest BCUT2D eigenvalue weighted by atomic mass is 9.97. The standard InChI is InChI=1S/C16H11O2/c17-11-18-10-16-14-7-3-1-5-12(14)9-13-6-2-4-8-15(13)16/h1-9H,10H2. The highest BCUT2D eigenvalue weighted by atomic mass is 16.5. The third-order valence-corrected chi connectivity index (χ3v) is 3.16. The van der Waals surface area contributed by atoms with Gasteiger partial charge in [-0.05, 0) is 27.6 Å². The summed E-state index contributed by atoms with van der Waals surface area (Å²) in [5, 5.41) is 4.54. The van der Waals surface area contributed by atoms with Crippen molar-refractivity contribution in [3.63, 3.8) is 0 Å². The van der Waals surface area contributed by atoms with Gasteiger partial charge in [-0.15, -0.1) is 0 Å². The predicted octanol–water partition coefficient (Wildman–Crippen LogP) is 3.58.